The van der Waals surface area contributed by atoms with Gasteiger partial charge in [0.05, 0.1) is 19.0 Å². The fraction of sp³-hybridized carbons (Fsp3) is 0.238. The lowest BCUT2D eigenvalue weighted by atomic mass is 10.0. The van der Waals surface area contributed by atoms with E-state index in [2.05, 4.69) is 40.2 Å². The first kappa shape index (κ1) is 16.2. The zero-order chi connectivity index (χ0) is 17.9. The summed E-state index contributed by atoms with van der Waals surface area (Å²) in [6.45, 7) is 1.71. The fourth-order valence-electron chi connectivity index (χ4n) is 3.34. The highest BCUT2D eigenvalue weighted by molar-refractivity contribution is 5.60. The quantitative estimate of drug-likeness (QED) is 0.631. The van der Waals surface area contributed by atoms with Crippen LogP contribution in [-0.2, 0) is 19.4 Å². The molecule has 2 aromatic rings. The number of nitrogens with zero attached hydrogens (tertiary/aromatic N) is 3. The van der Waals surface area contributed by atoms with Crippen LogP contribution < -0.4 is 9.47 Å². The van der Waals surface area contributed by atoms with Gasteiger partial charge in [0.25, 0.3) is 0 Å². The van der Waals surface area contributed by atoms with E-state index in [0.717, 1.165) is 25.1 Å². The topological polar surface area (TPSA) is 57.9 Å². The Morgan fingerprint density at radius 3 is 2.77 bits per heavy atom. The van der Waals surface area contributed by atoms with Crippen LogP contribution >= 0.6 is 0 Å². The van der Waals surface area contributed by atoms with Crippen molar-refractivity contribution in [3.05, 3.63) is 70.6 Å². The number of rotatable bonds is 3. The SMILES string of the molecule is COc1cccc2c1OC(/N=C/N1CCc3ccccc3C1)=C(C#N)C2. The second-order valence-corrected chi connectivity index (χ2v) is 6.36. The van der Waals surface area contributed by atoms with E-state index >= 15 is 0 Å². The zero-order valence-corrected chi connectivity index (χ0v) is 14.6. The van der Waals surface area contributed by atoms with Crippen molar-refractivity contribution in [1.29, 1.82) is 5.26 Å². The highest BCUT2D eigenvalue weighted by Gasteiger charge is 2.23. The summed E-state index contributed by atoms with van der Waals surface area (Å²) in [5, 5.41) is 9.47. The zero-order valence-electron chi connectivity index (χ0n) is 14.6. The molecular weight excluding hydrogens is 326 g/mol. The average Bonchev–Trinajstić information content (AvgIpc) is 2.70. The largest absolute Gasteiger partial charge is 0.493 e. The van der Waals surface area contributed by atoms with Crippen LogP contribution in [-0.4, -0.2) is 24.9 Å². The van der Waals surface area contributed by atoms with Crippen LogP contribution in [0.3, 0.4) is 0 Å². The Morgan fingerprint density at radius 2 is 1.96 bits per heavy atom. The third kappa shape index (κ3) is 3.02. The Balaban J connectivity index is 1.56. The minimum atomic E-state index is 0.350. The third-order valence-corrected chi connectivity index (χ3v) is 4.74. The van der Waals surface area contributed by atoms with E-state index in [1.807, 2.05) is 18.2 Å². The lowest BCUT2D eigenvalue weighted by Crippen LogP contribution is -2.29. The summed E-state index contributed by atoms with van der Waals surface area (Å²) in [6.07, 6.45) is 3.27. The molecule has 0 bridgehead atoms. The number of para-hydroxylation sites is 1. The molecule has 0 amide bonds. The van der Waals surface area contributed by atoms with Gasteiger partial charge < -0.3 is 14.4 Å². The van der Waals surface area contributed by atoms with E-state index in [-0.39, 0.29) is 0 Å². The van der Waals surface area contributed by atoms with Gasteiger partial charge in [0.1, 0.15) is 6.07 Å². The van der Waals surface area contributed by atoms with Crippen LogP contribution in [0.15, 0.2) is 58.9 Å². The van der Waals surface area contributed by atoms with E-state index < -0.39 is 0 Å². The number of hydrogen-bond acceptors (Lipinski definition) is 4. The maximum atomic E-state index is 9.47. The van der Waals surface area contributed by atoms with E-state index in [9.17, 15) is 5.26 Å². The number of methoxy groups -OCH3 is 1. The summed E-state index contributed by atoms with van der Waals surface area (Å²) < 4.78 is 11.3. The molecular formula is C21H19N3O2. The van der Waals surface area contributed by atoms with Gasteiger partial charge in [-0.2, -0.15) is 5.26 Å². The lowest BCUT2D eigenvalue weighted by molar-refractivity contribution is 0.345. The minimum Gasteiger partial charge on any atom is -0.493 e. The van der Waals surface area contributed by atoms with Crippen molar-refractivity contribution >= 4 is 6.34 Å². The monoisotopic (exact) mass is 345 g/mol. The van der Waals surface area contributed by atoms with Gasteiger partial charge in [-0.25, -0.2) is 4.99 Å². The molecule has 0 radical (unpaired) electrons. The number of nitriles is 1. The maximum Gasteiger partial charge on any atom is 0.235 e. The molecule has 5 heteroatoms. The Kier molecular flexibility index (Phi) is 4.32. The summed E-state index contributed by atoms with van der Waals surface area (Å²) in [5.74, 6) is 1.65. The minimum absolute atomic E-state index is 0.350. The van der Waals surface area contributed by atoms with E-state index in [4.69, 9.17) is 9.47 Å². The van der Waals surface area contributed by atoms with Gasteiger partial charge in [-0.3, -0.25) is 0 Å². The summed E-state index contributed by atoms with van der Waals surface area (Å²) in [4.78, 5) is 6.63. The predicted molar refractivity (Wildman–Crippen MR) is 99.0 cm³/mol. The van der Waals surface area contributed by atoms with Gasteiger partial charge >= 0.3 is 0 Å². The van der Waals surface area contributed by atoms with Crippen LogP contribution in [0.25, 0.3) is 0 Å². The maximum absolute atomic E-state index is 9.47. The molecule has 2 aliphatic rings. The number of fused-ring (bicyclic) bond motifs is 2. The van der Waals surface area contributed by atoms with Crippen molar-refractivity contribution in [3.8, 4) is 17.6 Å². The average molecular weight is 345 g/mol. The van der Waals surface area contributed by atoms with Crippen LogP contribution in [0.5, 0.6) is 11.5 Å². The lowest BCUT2D eigenvalue weighted by Gasteiger charge is -2.27. The molecule has 130 valence electrons. The van der Waals surface area contributed by atoms with Gasteiger partial charge in [0.15, 0.2) is 11.5 Å². The summed E-state index contributed by atoms with van der Waals surface area (Å²) >= 11 is 0. The first-order valence-corrected chi connectivity index (χ1v) is 8.60. The molecule has 0 N–H and O–H groups in total. The van der Waals surface area contributed by atoms with Crippen LogP contribution in [0, 0.1) is 11.3 Å². The van der Waals surface area contributed by atoms with Crippen LogP contribution in [0.1, 0.15) is 16.7 Å². The molecule has 0 aromatic heterocycles. The smallest absolute Gasteiger partial charge is 0.235 e. The molecule has 0 unspecified atom stereocenters. The first-order valence-electron chi connectivity index (χ1n) is 8.60. The predicted octanol–water partition coefficient (Wildman–Crippen LogP) is 3.45. The highest BCUT2D eigenvalue weighted by atomic mass is 16.5. The highest BCUT2D eigenvalue weighted by Crippen LogP contribution is 2.38. The van der Waals surface area contributed by atoms with E-state index in [0.29, 0.717) is 29.4 Å². The van der Waals surface area contributed by atoms with Gasteiger partial charge in [-0.1, -0.05) is 36.4 Å². The molecule has 0 saturated carbocycles. The van der Waals surface area contributed by atoms with Gasteiger partial charge in [0, 0.05) is 25.1 Å². The molecule has 0 fully saturated rings. The van der Waals surface area contributed by atoms with Crippen molar-refractivity contribution < 1.29 is 9.47 Å². The molecule has 0 saturated heterocycles. The standard InChI is InChI=1S/C21H19N3O2/c1-25-19-8-4-7-16-11-18(12-22)21(26-20(16)19)23-14-24-10-9-15-5-2-3-6-17(15)13-24/h2-8,14H,9-11,13H2,1H3/b23-14+. The van der Waals surface area contributed by atoms with Crippen molar-refractivity contribution in [3.63, 3.8) is 0 Å². The number of allylic oxidation sites excluding steroid dienone is 1. The summed E-state index contributed by atoms with van der Waals surface area (Å²) in [6, 6.07) is 16.4. The number of hydrogen-bond donors (Lipinski definition) is 0. The van der Waals surface area contributed by atoms with Gasteiger partial charge in [0.2, 0.25) is 5.88 Å². The third-order valence-electron chi connectivity index (χ3n) is 4.74. The van der Waals surface area contributed by atoms with Crippen LogP contribution in [0.4, 0.5) is 0 Å². The molecule has 0 spiro atoms. The number of aliphatic imine (C=N–C) groups is 1. The molecule has 2 aliphatic heterocycles. The van der Waals surface area contributed by atoms with Crippen molar-refractivity contribution in [2.45, 2.75) is 19.4 Å². The van der Waals surface area contributed by atoms with Gasteiger partial charge in [-0.15, -0.1) is 0 Å². The molecule has 0 atom stereocenters. The second-order valence-electron chi connectivity index (χ2n) is 6.36. The summed E-state index contributed by atoms with van der Waals surface area (Å²) in [7, 11) is 1.61. The van der Waals surface area contributed by atoms with Crippen molar-refractivity contribution in [1.82, 2.24) is 4.90 Å². The Morgan fingerprint density at radius 1 is 1.15 bits per heavy atom. The van der Waals surface area contributed by atoms with E-state index in [1.54, 1.807) is 13.4 Å². The first-order chi connectivity index (χ1) is 12.8. The Labute approximate surface area is 152 Å². The van der Waals surface area contributed by atoms with Crippen LogP contribution in [0.2, 0.25) is 0 Å². The normalized spacial score (nSPS) is 15.9. The van der Waals surface area contributed by atoms with Gasteiger partial charge in [-0.05, 0) is 23.6 Å². The molecule has 4 rings (SSSR count). The van der Waals surface area contributed by atoms with E-state index in [1.165, 1.54) is 11.1 Å². The fourth-order valence-corrected chi connectivity index (χ4v) is 3.34. The molecule has 2 heterocycles. The molecule has 5 nitrogen and oxygen atoms in total. The van der Waals surface area contributed by atoms with Crippen molar-refractivity contribution in [2.75, 3.05) is 13.7 Å². The molecule has 26 heavy (non-hydrogen) atoms. The summed E-state index contributed by atoms with van der Waals surface area (Å²) in [5.41, 5.74) is 4.17. The Hall–Kier alpha value is -3.26. The number of ether oxygens (including phenoxy) is 2. The number of benzene rings is 2. The second kappa shape index (κ2) is 6.93. The Bertz CT molecular complexity index is 941. The van der Waals surface area contributed by atoms with Crippen molar-refractivity contribution in [2.24, 2.45) is 4.99 Å². The molecule has 2 aromatic carbocycles. The molecule has 0 aliphatic carbocycles.